The predicted octanol–water partition coefficient (Wildman–Crippen LogP) is 5.61. The number of nitrogens with zero attached hydrogens (tertiary/aromatic N) is 1. The van der Waals surface area contributed by atoms with Gasteiger partial charge in [0.2, 0.25) is 0 Å². The average Bonchev–Trinajstić information content (AvgIpc) is 2.75. The Hall–Kier alpha value is -2.61. The Morgan fingerprint density at radius 2 is 1.77 bits per heavy atom. The summed E-state index contributed by atoms with van der Waals surface area (Å²) < 4.78 is 47.6. The number of esters is 1. The molecule has 0 bridgehead atoms. The van der Waals surface area contributed by atoms with Crippen LogP contribution in [-0.2, 0) is 19.6 Å². The van der Waals surface area contributed by atoms with E-state index >= 15 is 0 Å². The SMILES string of the molecule is COC(=O)CC1c2cc(F)ccc2-c2ccccc2N1S(=O)(=O)c1ccc(Cl)c(Cl)c1. The zero-order valence-electron chi connectivity index (χ0n) is 16.2. The van der Waals surface area contributed by atoms with E-state index in [4.69, 9.17) is 27.9 Å². The van der Waals surface area contributed by atoms with Gasteiger partial charge in [0.05, 0.1) is 40.2 Å². The lowest BCUT2D eigenvalue weighted by molar-refractivity contribution is -0.141. The second-order valence-corrected chi connectivity index (χ2v) is 9.55. The number of fused-ring (bicyclic) bond motifs is 3. The first-order valence-electron chi connectivity index (χ1n) is 9.19. The molecule has 1 unspecified atom stereocenters. The second kappa shape index (κ2) is 8.15. The predicted molar refractivity (Wildman–Crippen MR) is 117 cm³/mol. The highest BCUT2D eigenvalue weighted by Gasteiger charge is 2.40. The van der Waals surface area contributed by atoms with Crippen molar-refractivity contribution in [2.75, 3.05) is 11.4 Å². The summed E-state index contributed by atoms with van der Waals surface area (Å²) in [4.78, 5) is 12.1. The van der Waals surface area contributed by atoms with Crippen LogP contribution in [0.4, 0.5) is 10.1 Å². The minimum atomic E-state index is -4.21. The molecule has 0 N–H and O–H groups in total. The second-order valence-electron chi connectivity index (χ2n) is 6.92. The fourth-order valence-electron chi connectivity index (χ4n) is 3.72. The van der Waals surface area contributed by atoms with Crippen LogP contribution in [0.25, 0.3) is 11.1 Å². The number of hydrogen-bond donors (Lipinski definition) is 0. The van der Waals surface area contributed by atoms with Gasteiger partial charge in [-0.3, -0.25) is 9.10 Å². The summed E-state index contributed by atoms with van der Waals surface area (Å²) in [6.45, 7) is 0. The number of para-hydroxylation sites is 1. The molecule has 9 heteroatoms. The molecule has 160 valence electrons. The lowest BCUT2D eigenvalue weighted by Gasteiger charge is -2.38. The summed E-state index contributed by atoms with van der Waals surface area (Å²) in [5, 5.41) is 0.280. The Morgan fingerprint density at radius 1 is 1.03 bits per heavy atom. The van der Waals surface area contributed by atoms with E-state index in [1.54, 1.807) is 30.3 Å². The molecule has 1 aliphatic heterocycles. The van der Waals surface area contributed by atoms with Gasteiger partial charge in [0, 0.05) is 5.56 Å². The first-order chi connectivity index (χ1) is 14.7. The van der Waals surface area contributed by atoms with E-state index in [0.717, 1.165) is 4.31 Å². The van der Waals surface area contributed by atoms with Gasteiger partial charge in [-0.15, -0.1) is 0 Å². The number of methoxy groups -OCH3 is 1. The Morgan fingerprint density at radius 3 is 2.48 bits per heavy atom. The number of carbonyl (C=O) groups is 1. The van der Waals surface area contributed by atoms with Crippen LogP contribution < -0.4 is 4.31 Å². The molecule has 1 heterocycles. The van der Waals surface area contributed by atoms with Gasteiger partial charge in [0.25, 0.3) is 10.0 Å². The largest absolute Gasteiger partial charge is 0.469 e. The number of rotatable bonds is 4. The summed E-state index contributed by atoms with van der Waals surface area (Å²) in [6.07, 6.45) is -0.304. The van der Waals surface area contributed by atoms with Crippen LogP contribution in [0.5, 0.6) is 0 Å². The van der Waals surface area contributed by atoms with Crippen molar-refractivity contribution in [3.8, 4) is 11.1 Å². The molecule has 0 aliphatic carbocycles. The molecule has 0 fully saturated rings. The van der Waals surface area contributed by atoms with Crippen molar-refractivity contribution < 1.29 is 22.3 Å². The number of hydrogen-bond acceptors (Lipinski definition) is 4. The van der Waals surface area contributed by atoms with E-state index < -0.39 is 27.9 Å². The van der Waals surface area contributed by atoms with Crippen molar-refractivity contribution in [3.05, 3.63) is 82.1 Å². The number of halogens is 3. The maximum Gasteiger partial charge on any atom is 0.307 e. The van der Waals surface area contributed by atoms with E-state index in [1.165, 1.54) is 37.4 Å². The molecule has 0 amide bonds. The molecule has 0 saturated heterocycles. The van der Waals surface area contributed by atoms with E-state index in [2.05, 4.69) is 0 Å². The van der Waals surface area contributed by atoms with Crippen molar-refractivity contribution in [1.82, 2.24) is 0 Å². The van der Waals surface area contributed by atoms with E-state index in [0.29, 0.717) is 22.4 Å². The smallest absolute Gasteiger partial charge is 0.307 e. The van der Waals surface area contributed by atoms with Crippen LogP contribution in [0.15, 0.2) is 65.6 Å². The van der Waals surface area contributed by atoms with Crippen LogP contribution in [0.1, 0.15) is 18.0 Å². The maximum atomic E-state index is 14.2. The summed E-state index contributed by atoms with van der Waals surface area (Å²) in [7, 11) is -3.00. The third-order valence-corrected chi connectivity index (χ3v) is 7.68. The third kappa shape index (κ3) is 3.78. The summed E-state index contributed by atoms with van der Waals surface area (Å²) in [5.74, 6) is -1.17. The van der Waals surface area contributed by atoms with Crippen molar-refractivity contribution in [2.24, 2.45) is 0 Å². The van der Waals surface area contributed by atoms with Gasteiger partial charge in [-0.25, -0.2) is 12.8 Å². The first-order valence-corrected chi connectivity index (χ1v) is 11.4. The minimum Gasteiger partial charge on any atom is -0.469 e. The Bertz CT molecular complexity index is 1300. The van der Waals surface area contributed by atoms with Crippen LogP contribution in [0, 0.1) is 5.82 Å². The standard InChI is InChI=1S/C22H16Cl2FNO4S/c1-30-22(27)12-21-17-10-13(25)6-8-15(17)16-4-2-3-5-20(16)26(21)31(28,29)14-7-9-18(23)19(24)11-14/h2-11,21H,12H2,1H3. The molecular weight excluding hydrogens is 464 g/mol. The fraction of sp³-hybridized carbons (Fsp3) is 0.136. The van der Waals surface area contributed by atoms with Crippen LogP contribution >= 0.6 is 23.2 Å². The summed E-state index contributed by atoms with van der Waals surface area (Å²) in [6, 6.07) is 13.9. The van der Waals surface area contributed by atoms with Crippen LogP contribution in [0.2, 0.25) is 10.0 Å². The van der Waals surface area contributed by atoms with Crippen LogP contribution in [-0.4, -0.2) is 21.5 Å². The molecule has 31 heavy (non-hydrogen) atoms. The zero-order valence-corrected chi connectivity index (χ0v) is 18.5. The summed E-state index contributed by atoms with van der Waals surface area (Å²) >= 11 is 12.0. The Kier molecular flexibility index (Phi) is 5.68. The normalized spacial score (nSPS) is 15.2. The fourth-order valence-corrected chi connectivity index (χ4v) is 5.76. The lowest BCUT2D eigenvalue weighted by Crippen LogP contribution is -2.39. The van der Waals surface area contributed by atoms with Crippen molar-refractivity contribution in [3.63, 3.8) is 0 Å². The van der Waals surface area contributed by atoms with Gasteiger partial charge in [-0.1, -0.05) is 47.5 Å². The van der Waals surface area contributed by atoms with Crippen molar-refractivity contribution >= 4 is 44.9 Å². The highest BCUT2D eigenvalue weighted by molar-refractivity contribution is 7.92. The third-order valence-electron chi connectivity index (χ3n) is 5.12. The molecule has 0 spiro atoms. The van der Waals surface area contributed by atoms with Crippen LogP contribution in [0.3, 0.4) is 0 Å². The molecule has 4 rings (SSSR count). The number of sulfonamides is 1. The van der Waals surface area contributed by atoms with Gasteiger partial charge in [-0.05, 0) is 47.5 Å². The number of benzene rings is 3. The van der Waals surface area contributed by atoms with Gasteiger partial charge in [0.15, 0.2) is 0 Å². The van der Waals surface area contributed by atoms with E-state index in [-0.39, 0.29) is 21.4 Å². The molecule has 1 atom stereocenters. The first kappa shape index (κ1) is 21.6. The maximum absolute atomic E-state index is 14.2. The molecule has 5 nitrogen and oxygen atoms in total. The quantitative estimate of drug-likeness (QED) is 0.456. The molecule has 0 saturated carbocycles. The topological polar surface area (TPSA) is 63.7 Å². The number of anilines is 1. The van der Waals surface area contributed by atoms with Gasteiger partial charge in [0.1, 0.15) is 5.82 Å². The average molecular weight is 480 g/mol. The van der Waals surface area contributed by atoms with Gasteiger partial charge < -0.3 is 4.74 Å². The van der Waals surface area contributed by atoms with Crippen molar-refractivity contribution in [1.29, 1.82) is 0 Å². The minimum absolute atomic E-state index is 0.0731. The van der Waals surface area contributed by atoms with Gasteiger partial charge in [-0.2, -0.15) is 0 Å². The monoisotopic (exact) mass is 479 g/mol. The molecule has 3 aromatic carbocycles. The van der Waals surface area contributed by atoms with E-state index in [1.807, 2.05) is 0 Å². The van der Waals surface area contributed by atoms with Crippen molar-refractivity contribution in [2.45, 2.75) is 17.4 Å². The Balaban J connectivity index is 1.99. The Labute approximate surface area is 189 Å². The highest BCUT2D eigenvalue weighted by Crippen LogP contribution is 2.48. The molecule has 1 aliphatic rings. The molecule has 0 aromatic heterocycles. The zero-order chi connectivity index (χ0) is 22.3. The lowest BCUT2D eigenvalue weighted by atomic mass is 9.88. The molecular formula is C22H16Cl2FNO4S. The molecule has 0 radical (unpaired) electrons. The number of carbonyl (C=O) groups excluding carboxylic acids is 1. The molecule has 3 aromatic rings. The van der Waals surface area contributed by atoms with E-state index in [9.17, 15) is 17.6 Å². The highest BCUT2D eigenvalue weighted by atomic mass is 35.5. The number of ether oxygens (including phenoxy) is 1. The van der Waals surface area contributed by atoms with Gasteiger partial charge >= 0.3 is 5.97 Å². The summed E-state index contributed by atoms with van der Waals surface area (Å²) in [5.41, 5.74) is 1.98.